The van der Waals surface area contributed by atoms with Crippen LogP contribution in [0.4, 0.5) is 4.79 Å². The fraction of sp³-hybridized carbons (Fsp3) is 0.875. The fourth-order valence-electron chi connectivity index (χ4n) is 0.989. The summed E-state index contributed by atoms with van der Waals surface area (Å²) < 4.78 is 0. The molecule has 12 heavy (non-hydrogen) atoms. The van der Waals surface area contributed by atoms with E-state index in [2.05, 4.69) is 0 Å². The standard InChI is InChI=1S/C8H18N2O2/c1-8(2,12)6-10(5)7(11)9(3)4/h12H,6H2,1-5H3. The Kier molecular flexibility index (Phi) is 3.52. The second-order valence-electron chi connectivity index (χ2n) is 3.85. The Bertz CT molecular complexity index is 161. The van der Waals surface area contributed by atoms with E-state index in [0.29, 0.717) is 6.54 Å². The summed E-state index contributed by atoms with van der Waals surface area (Å²) in [6, 6.07) is -0.0999. The Morgan fingerprint density at radius 2 is 1.75 bits per heavy atom. The van der Waals surface area contributed by atoms with Gasteiger partial charge in [0.1, 0.15) is 0 Å². The van der Waals surface area contributed by atoms with Gasteiger partial charge in [-0.3, -0.25) is 0 Å². The molecule has 0 unspecified atom stereocenters. The second-order valence-corrected chi connectivity index (χ2v) is 3.85. The van der Waals surface area contributed by atoms with Crippen molar-refractivity contribution in [1.29, 1.82) is 0 Å². The zero-order valence-corrected chi connectivity index (χ0v) is 8.46. The van der Waals surface area contributed by atoms with Crippen LogP contribution in [0.25, 0.3) is 0 Å². The van der Waals surface area contributed by atoms with Crippen molar-refractivity contribution in [1.82, 2.24) is 9.80 Å². The lowest BCUT2D eigenvalue weighted by atomic mass is 10.1. The van der Waals surface area contributed by atoms with E-state index in [4.69, 9.17) is 0 Å². The molecule has 0 bridgehead atoms. The largest absolute Gasteiger partial charge is 0.389 e. The van der Waals surface area contributed by atoms with Gasteiger partial charge >= 0.3 is 6.03 Å². The highest BCUT2D eigenvalue weighted by Crippen LogP contribution is 2.04. The number of aliphatic hydroxyl groups is 1. The van der Waals surface area contributed by atoms with Crippen molar-refractivity contribution in [3.8, 4) is 0 Å². The Morgan fingerprint density at radius 3 is 2.00 bits per heavy atom. The van der Waals surface area contributed by atoms with Crippen molar-refractivity contribution in [2.24, 2.45) is 0 Å². The highest BCUT2D eigenvalue weighted by Gasteiger charge is 2.19. The lowest BCUT2D eigenvalue weighted by Gasteiger charge is -2.27. The van der Waals surface area contributed by atoms with Gasteiger partial charge in [0, 0.05) is 21.1 Å². The minimum absolute atomic E-state index is 0.0999. The van der Waals surface area contributed by atoms with Crippen LogP contribution in [0.3, 0.4) is 0 Å². The number of carbonyl (C=O) groups is 1. The molecule has 72 valence electrons. The lowest BCUT2D eigenvalue weighted by molar-refractivity contribution is 0.0495. The molecule has 0 aromatic heterocycles. The van der Waals surface area contributed by atoms with Gasteiger partial charge in [-0.25, -0.2) is 4.79 Å². The fourth-order valence-corrected chi connectivity index (χ4v) is 0.989. The Labute approximate surface area is 73.8 Å². The third-order valence-electron chi connectivity index (χ3n) is 1.33. The smallest absolute Gasteiger partial charge is 0.319 e. The summed E-state index contributed by atoms with van der Waals surface area (Å²) in [6.07, 6.45) is 0. The number of likely N-dealkylation sites (N-methyl/N-ethyl adjacent to an activating group) is 1. The van der Waals surface area contributed by atoms with Crippen LogP contribution in [0.2, 0.25) is 0 Å². The summed E-state index contributed by atoms with van der Waals surface area (Å²) in [4.78, 5) is 14.2. The highest BCUT2D eigenvalue weighted by atomic mass is 16.3. The number of carbonyl (C=O) groups excluding carboxylic acids is 1. The molecule has 0 aliphatic carbocycles. The first-order chi connectivity index (χ1) is 5.24. The average molecular weight is 174 g/mol. The number of nitrogens with zero attached hydrogens (tertiary/aromatic N) is 2. The zero-order chi connectivity index (χ0) is 9.94. The summed E-state index contributed by atoms with van der Waals surface area (Å²) in [5.74, 6) is 0. The van der Waals surface area contributed by atoms with Gasteiger partial charge in [0.05, 0.1) is 12.1 Å². The summed E-state index contributed by atoms with van der Waals surface area (Å²) in [6.45, 7) is 3.68. The van der Waals surface area contributed by atoms with Gasteiger partial charge in [-0.05, 0) is 13.8 Å². The number of amides is 2. The van der Waals surface area contributed by atoms with Crippen LogP contribution in [0, 0.1) is 0 Å². The van der Waals surface area contributed by atoms with Gasteiger partial charge in [0.25, 0.3) is 0 Å². The van der Waals surface area contributed by atoms with E-state index >= 15 is 0 Å². The van der Waals surface area contributed by atoms with Crippen LogP contribution in [-0.4, -0.2) is 54.2 Å². The molecule has 0 saturated heterocycles. The molecule has 0 aliphatic rings. The molecule has 0 aromatic carbocycles. The van der Waals surface area contributed by atoms with E-state index in [1.807, 2.05) is 0 Å². The van der Waals surface area contributed by atoms with Crippen molar-refractivity contribution >= 4 is 6.03 Å². The van der Waals surface area contributed by atoms with Crippen LogP contribution in [0.15, 0.2) is 0 Å². The van der Waals surface area contributed by atoms with E-state index in [-0.39, 0.29) is 6.03 Å². The first-order valence-corrected chi connectivity index (χ1v) is 3.89. The van der Waals surface area contributed by atoms with Gasteiger partial charge in [-0.15, -0.1) is 0 Å². The molecule has 2 amide bonds. The van der Waals surface area contributed by atoms with E-state index in [1.165, 1.54) is 9.80 Å². The molecule has 1 N–H and O–H groups in total. The summed E-state index contributed by atoms with van der Waals surface area (Å²) in [5.41, 5.74) is -0.833. The number of hydrogen-bond acceptors (Lipinski definition) is 2. The van der Waals surface area contributed by atoms with Gasteiger partial charge in [0.2, 0.25) is 0 Å². The second kappa shape index (κ2) is 3.76. The first-order valence-electron chi connectivity index (χ1n) is 3.89. The summed E-state index contributed by atoms with van der Waals surface area (Å²) in [5, 5.41) is 9.41. The number of rotatable bonds is 2. The van der Waals surface area contributed by atoms with E-state index in [9.17, 15) is 9.90 Å². The third kappa shape index (κ3) is 4.18. The zero-order valence-electron chi connectivity index (χ0n) is 8.46. The quantitative estimate of drug-likeness (QED) is 0.657. The van der Waals surface area contributed by atoms with E-state index < -0.39 is 5.60 Å². The molecule has 0 aliphatic heterocycles. The lowest BCUT2D eigenvalue weighted by Crippen LogP contribution is -2.44. The molecule has 4 heteroatoms. The SMILES string of the molecule is CN(C)C(=O)N(C)CC(C)(C)O. The van der Waals surface area contributed by atoms with Crippen LogP contribution >= 0.6 is 0 Å². The summed E-state index contributed by atoms with van der Waals surface area (Å²) >= 11 is 0. The minimum atomic E-state index is -0.833. The molecule has 0 heterocycles. The highest BCUT2D eigenvalue weighted by molar-refractivity contribution is 5.73. The third-order valence-corrected chi connectivity index (χ3v) is 1.33. The molecule has 0 radical (unpaired) electrons. The molecular formula is C8H18N2O2. The van der Waals surface area contributed by atoms with Crippen LogP contribution in [-0.2, 0) is 0 Å². The Morgan fingerprint density at radius 1 is 1.33 bits per heavy atom. The van der Waals surface area contributed by atoms with Crippen molar-refractivity contribution in [3.05, 3.63) is 0 Å². The molecule has 0 saturated carbocycles. The maximum Gasteiger partial charge on any atom is 0.319 e. The Hall–Kier alpha value is -0.770. The normalized spacial score (nSPS) is 11.2. The predicted octanol–water partition coefficient (Wildman–Crippen LogP) is 0.371. The maximum atomic E-state index is 11.3. The predicted molar refractivity (Wildman–Crippen MR) is 48.0 cm³/mol. The molecule has 0 rings (SSSR count). The van der Waals surface area contributed by atoms with Gasteiger partial charge in [0.15, 0.2) is 0 Å². The monoisotopic (exact) mass is 174 g/mol. The number of urea groups is 1. The molecule has 4 nitrogen and oxygen atoms in total. The van der Waals surface area contributed by atoms with Gasteiger partial charge in [-0.1, -0.05) is 0 Å². The molecule has 0 spiro atoms. The summed E-state index contributed by atoms with van der Waals surface area (Å²) in [7, 11) is 5.03. The molecule has 0 fully saturated rings. The van der Waals surface area contributed by atoms with E-state index in [1.54, 1.807) is 35.0 Å². The Balaban J connectivity index is 4.05. The van der Waals surface area contributed by atoms with Crippen molar-refractivity contribution in [2.45, 2.75) is 19.4 Å². The van der Waals surface area contributed by atoms with E-state index in [0.717, 1.165) is 0 Å². The van der Waals surface area contributed by atoms with Crippen LogP contribution in [0.1, 0.15) is 13.8 Å². The maximum absolute atomic E-state index is 11.3. The average Bonchev–Trinajstić information content (AvgIpc) is 1.82. The van der Waals surface area contributed by atoms with Crippen LogP contribution in [0.5, 0.6) is 0 Å². The van der Waals surface area contributed by atoms with Crippen molar-refractivity contribution < 1.29 is 9.90 Å². The van der Waals surface area contributed by atoms with Crippen molar-refractivity contribution in [2.75, 3.05) is 27.7 Å². The number of hydrogen-bond donors (Lipinski definition) is 1. The topological polar surface area (TPSA) is 43.8 Å². The minimum Gasteiger partial charge on any atom is -0.389 e. The molecular weight excluding hydrogens is 156 g/mol. The van der Waals surface area contributed by atoms with Gasteiger partial charge < -0.3 is 14.9 Å². The molecule has 0 atom stereocenters. The van der Waals surface area contributed by atoms with Gasteiger partial charge in [-0.2, -0.15) is 0 Å². The van der Waals surface area contributed by atoms with Crippen LogP contribution < -0.4 is 0 Å². The molecule has 0 aromatic rings. The first kappa shape index (κ1) is 11.2. The van der Waals surface area contributed by atoms with Crippen molar-refractivity contribution in [3.63, 3.8) is 0 Å².